The molecule has 28 heavy (non-hydrogen) atoms. The predicted octanol–water partition coefficient (Wildman–Crippen LogP) is 6.54. The van der Waals surface area contributed by atoms with Gasteiger partial charge in [0.05, 0.1) is 0 Å². The van der Waals surface area contributed by atoms with Gasteiger partial charge in [-0.3, -0.25) is 0 Å². The second-order valence-corrected chi connectivity index (χ2v) is 10.2. The summed E-state index contributed by atoms with van der Waals surface area (Å²) in [5.41, 5.74) is 5.15. The monoisotopic (exact) mass is 444 g/mol. The summed E-state index contributed by atoms with van der Waals surface area (Å²) in [7, 11) is 0. The van der Waals surface area contributed by atoms with Crippen molar-refractivity contribution in [3.8, 4) is 0 Å². The Morgan fingerprint density at radius 3 is 2.21 bits per heavy atom. The van der Waals surface area contributed by atoms with Crippen LogP contribution in [0.2, 0.25) is 0 Å². The molecule has 0 bridgehead atoms. The minimum absolute atomic E-state index is 0.115. The summed E-state index contributed by atoms with van der Waals surface area (Å²) in [5.74, 6) is 0.583. The normalized spacial score (nSPS) is 13.3. The Morgan fingerprint density at radius 1 is 0.964 bits per heavy atom. The van der Waals surface area contributed by atoms with Gasteiger partial charge in [-0.15, -0.1) is 6.58 Å². The molecule has 0 aliphatic heterocycles. The molecule has 2 heteroatoms. The van der Waals surface area contributed by atoms with E-state index in [-0.39, 0.29) is 19.6 Å². The number of carbonyl (C=O) groups excluding carboxylic acids is 1. The maximum absolute atomic E-state index is 12.2. The van der Waals surface area contributed by atoms with Crippen molar-refractivity contribution in [2.24, 2.45) is 5.92 Å². The Bertz CT molecular complexity index is 709. The molecule has 1 rings (SSSR count). The number of allylic oxidation sites excluding steroid dienone is 6. The summed E-state index contributed by atoms with van der Waals surface area (Å²) in [6.07, 6.45) is 10.7. The average molecular weight is 444 g/mol. The van der Waals surface area contributed by atoms with Gasteiger partial charge in [0.15, 0.2) is 0 Å². The molecule has 0 amide bonds. The average Bonchev–Trinajstić information content (AvgIpc) is 2.61. The first kappa shape index (κ1) is 24.4. The molecule has 0 saturated carbocycles. The predicted molar refractivity (Wildman–Crippen MR) is 125 cm³/mol. The number of hydrogen-bond acceptors (Lipinski definition) is 1. The first-order valence-corrected chi connectivity index (χ1v) is 11.9. The van der Waals surface area contributed by atoms with E-state index >= 15 is 0 Å². The molecule has 1 aromatic rings. The van der Waals surface area contributed by atoms with E-state index in [1.54, 1.807) is 0 Å². The molecule has 0 fully saturated rings. The number of hydrogen-bond donors (Lipinski definition) is 0. The van der Waals surface area contributed by atoms with Crippen molar-refractivity contribution in [2.45, 2.75) is 66.2 Å². The van der Waals surface area contributed by atoms with E-state index in [2.05, 4.69) is 46.9 Å². The van der Waals surface area contributed by atoms with Crippen LogP contribution in [0.1, 0.15) is 66.2 Å². The van der Waals surface area contributed by atoms with Gasteiger partial charge in [0.2, 0.25) is 0 Å². The third kappa shape index (κ3) is 11.3. The summed E-state index contributed by atoms with van der Waals surface area (Å²) in [6.45, 7) is 16.7. The van der Waals surface area contributed by atoms with Crippen LogP contribution >= 0.6 is 0 Å². The third-order valence-electron chi connectivity index (χ3n) is 4.86. The van der Waals surface area contributed by atoms with Crippen LogP contribution in [0.25, 0.3) is 0 Å². The molecule has 0 aliphatic carbocycles. The van der Waals surface area contributed by atoms with Gasteiger partial charge >= 0.3 is 160 Å². The molecule has 0 radical (unpaired) electrons. The topological polar surface area (TPSA) is 17.1 Å². The summed E-state index contributed by atoms with van der Waals surface area (Å²) in [5, 5.41) is 0. The van der Waals surface area contributed by atoms with Crippen LogP contribution in [0.4, 0.5) is 0 Å². The fraction of sp³-hybridized carbons (Fsp3) is 0.423. The van der Waals surface area contributed by atoms with E-state index in [4.69, 9.17) is 0 Å². The van der Waals surface area contributed by atoms with E-state index in [0.717, 1.165) is 43.0 Å². The van der Waals surface area contributed by atoms with Gasteiger partial charge in [-0.05, 0) is 6.92 Å². The summed E-state index contributed by atoms with van der Waals surface area (Å²) < 4.78 is 1.39. The number of benzene rings is 1. The fourth-order valence-corrected chi connectivity index (χ4v) is 4.66. The van der Waals surface area contributed by atoms with Crippen molar-refractivity contribution in [1.29, 1.82) is 0 Å². The molecular formula is C26H36OSe. The Balaban J connectivity index is 2.40. The standard InChI is InChI=1S/C26H36OSe/c1-20(2)15-17-24(21(3)4)18-16-22(5)11-10-12-23(6)19-26(27)28-25-13-8-7-9-14-25/h7-9,11,13-14,19,24H,1,3,10,12,15-18H2,2,4-6H3/b22-11+,23-19+. The molecule has 0 aliphatic rings. The van der Waals surface area contributed by atoms with Crippen molar-refractivity contribution in [2.75, 3.05) is 0 Å². The molecule has 1 nitrogen and oxygen atoms in total. The van der Waals surface area contributed by atoms with Gasteiger partial charge in [-0.25, -0.2) is 0 Å². The van der Waals surface area contributed by atoms with Gasteiger partial charge in [-0.2, -0.15) is 0 Å². The van der Waals surface area contributed by atoms with Crippen LogP contribution in [0.15, 0.2) is 77.9 Å². The molecule has 0 saturated heterocycles. The van der Waals surface area contributed by atoms with E-state index < -0.39 is 0 Å². The van der Waals surface area contributed by atoms with Crippen LogP contribution in [-0.4, -0.2) is 19.6 Å². The molecule has 0 heterocycles. The van der Waals surface area contributed by atoms with Crippen LogP contribution in [0, 0.1) is 5.92 Å². The van der Waals surface area contributed by atoms with Crippen LogP contribution < -0.4 is 4.46 Å². The zero-order valence-corrected chi connectivity index (χ0v) is 19.8. The zero-order valence-electron chi connectivity index (χ0n) is 18.1. The Hall–Kier alpha value is -1.63. The van der Waals surface area contributed by atoms with Gasteiger partial charge in [0.1, 0.15) is 0 Å². The molecule has 1 aromatic carbocycles. The first-order chi connectivity index (χ1) is 13.3. The molecule has 1 atom stereocenters. The maximum atomic E-state index is 12.2. The van der Waals surface area contributed by atoms with Crippen molar-refractivity contribution in [3.63, 3.8) is 0 Å². The Morgan fingerprint density at radius 2 is 1.61 bits per heavy atom. The van der Waals surface area contributed by atoms with E-state index in [1.807, 2.05) is 36.4 Å². The summed E-state index contributed by atoms with van der Waals surface area (Å²) >= 11 is -0.115. The van der Waals surface area contributed by atoms with E-state index in [9.17, 15) is 4.79 Å². The van der Waals surface area contributed by atoms with Crippen molar-refractivity contribution in [1.82, 2.24) is 0 Å². The molecule has 1 unspecified atom stereocenters. The van der Waals surface area contributed by atoms with Crippen molar-refractivity contribution < 1.29 is 4.79 Å². The quantitative estimate of drug-likeness (QED) is 0.192. The van der Waals surface area contributed by atoms with E-state index in [0.29, 0.717) is 5.92 Å². The van der Waals surface area contributed by atoms with Crippen LogP contribution in [0.3, 0.4) is 0 Å². The van der Waals surface area contributed by atoms with Gasteiger partial charge in [-0.1, -0.05) is 5.57 Å². The third-order valence-corrected chi connectivity index (χ3v) is 6.60. The van der Waals surface area contributed by atoms with E-state index in [1.165, 1.54) is 22.3 Å². The van der Waals surface area contributed by atoms with Crippen molar-refractivity contribution in [3.05, 3.63) is 77.9 Å². The fourth-order valence-electron chi connectivity index (χ4n) is 3.02. The zero-order chi connectivity index (χ0) is 20.9. The number of carbonyl (C=O) groups is 1. The summed E-state index contributed by atoms with van der Waals surface area (Å²) in [6, 6.07) is 10.0. The van der Waals surface area contributed by atoms with Crippen LogP contribution in [-0.2, 0) is 4.79 Å². The van der Waals surface area contributed by atoms with Gasteiger partial charge < -0.3 is 0 Å². The first-order valence-electron chi connectivity index (χ1n) is 10.2. The second-order valence-electron chi connectivity index (χ2n) is 7.89. The number of rotatable bonds is 13. The SMILES string of the molecule is C=C(C)CCC(CC/C(C)=C/CC/C(C)=C/C(=O)[Se]c1ccccc1)C(=C)C. The molecule has 0 N–H and O–H groups in total. The van der Waals surface area contributed by atoms with Crippen molar-refractivity contribution >= 4 is 24.1 Å². The van der Waals surface area contributed by atoms with Crippen LogP contribution in [0.5, 0.6) is 0 Å². The van der Waals surface area contributed by atoms with Gasteiger partial charge in [0.25, 0.3) is 0 Å². The molecular weight excluding hydrogens is 407 g/mol. The second kappa shape index (κ2) is 13.5. The minimum atomic E-state index is -0.115. The molecule has 0 spiro atoms. The Kier molecular flexibility index (Phi) is 11.8. The molecule has 0 aromatic heterocycles. The van der Waals surface area contributed by atoms with Gasteiger partial charge in [0, 0.05) is 0 Å². The molecule has 152 valence electrons. The Labute approximate surface area is 178 Å². The summed E-state index contributed by atoms with van der Waals surface area (Å²) in [4.78, 5) is 12.2.